The van der Waals surface area contributed by atoms with Gasteiger partial charge < -0.3 is 20.9 Å². The second-order valence-electron chi connectivity index (χ2n) is 2.93. The minimum atomic E-state index is -0.496. The summed E-state index contributed by atoms with van der Waals surface area (Å²) in [5.74, 6) is 0.109. The highest BCUT2D eigenvalue weighted by atomic mass is 16.5. The molecule has 1 aromatic carbocycles. The van der Waals surface area contributed by atoms with Crippen LogP contribution in [-0.4, -0.2) is 31.3 Å². The van der Waals surface area contributed by atoms with Crippen LogP contribution < -0.4 is 15.8 Å². The van der Waals surface area contributed by atoms with E-state index in [2.05, 4.69) is 5.32 Å². The molecule has 0 saturated carbocycles. The Balaban J connectivity index is 2.96. The van der Waals surface area contributed by atoms with Crippen molar-refractivity contribution in [2.75, 3.05) is 25.6 Å². The second kappa shape index (κ2) is 5.21. The number of nitrogens with two attached hydrogens (primary N) is 1. The second-order valence-corrected chi connectivity index (χ2v) is 2.93. The van der Waals surface area contributed by atoms with E-state index in [1.807, 2.05) is 0 Å². The van der Waals surface area contributed by atoms with Crippen molar-refractivity contribution in [3.63, 3.8) is 0 Å². The van der Waals surface area contributed by atoms with Gasteiger partial charge in [0.05, 0.1) is 19.4 Å². The first-order valence-electron chi connectivity index (χ1n) is 4.51. The number of ether oxygens (including phenoxy) is 1. The Morgan fingerprint density at radius 1 is 1.60 bits per heavy atom. The van der Waals surface area contributed by atoms with Crippen molar-refractivity contribution < 1.29 is 14.6 Å². The van der Waals surface area contributed by atoms with Crippen LogP contribution in [0, 0.1) is 0 Å². The summed E-state index contributed by atoms with van der Waals surface area (Å²) in [6, 6.07) is 4.84. The molecule has 0 fully saturated rings. The lowest BCUT2D eigenvalue weighted by Gasteiger charge is -2.10. The fourth-order valence-corrected chi connectivity index (χ4v) is 1.19. The predicted octanol–water partition coefficient (Wildman–Crippen LogP) is 0.198. The Bertz CT molecular complexity index is 353. The Morgan fingerprint density at radius 3 is 2.87 bits per heavy atom. The lowest BCUT2D eigenvalue weighted by Crippen LogP contribution is -2.12. The Kier molecular flexibility index (Phi) is 3.93. The van der Waals surface area contributed by atoms with Crippen molar-refractivity contribution in [1.82, 2.24) is 0 Å². The molecule has 0 bridgehead atoms. The highest BCUT2D eigenvalue weighted by Gasteiger charge is 2.06. The highest BCUT2D eigenvalue weighted by molar-refractivity contribution is 5.94. The summed E-state index contributed by atoms with van der Waals surface area (Å²) < 4.78 is 5.08. The number of carbonyl (C=O) groups is 1. The zero-order valence-electron chi connectivity index (χ0n) is 8.49. The molecule has 82 valence electrons. The number of benzene rings is 1. The van der Waals surface area contributed by atoms with Crippen LogP contribution in [-0.2, 0) is 0 Å². The van der Waals surface area contributed by atoms with Crippen LogP contribution in [0.4, 0.5) is 5.69 Å². The van der Waals surface area contributed by atoms with Crippen molar-refractivity contribution in [2.24, 2.45) is 5.73 Å². The van der Waals surface area contributed by atoms with Gasteiger partial charge in [0.2, 0.25) is 5.91 Å². The van der Waals surface area contributed by atoms with Crippen LogP contribution in [0.25, 0.3) is 0 Å². The van der Waals surface area contributed by atoms with Gasteiger partial charge in [0.1, 0.15) is 5.75 Å². The monoisotopic (exact) mass is 210 g/mol. The normalized spacial score (nSPS) is 9.73. The molecule has 0 heterocycles. The van der Waals surface area contributed by atoms with Crippen molar-refractivity contribution >= 4 is 11.6 Å². The summed E-state index contributed by atoms with van der Waals surface area (Å²) in [5.41, 5.74) is 6.19. The molecule has 4 N–H and O–H groups in total. The molecule has 0 atom stereocenters. The van der Waals surface area contributed by atoms with Crippen molar-refractivity contribution in [3.05, 3.63) is 23.8 Å². The smallest absolute Gasteiger partial charge is 0.248 e. The Hall–Kier alpha value is -1.75. The van der Waals surface area contributed by atoms with E-state index in [-0.39, 0.29) is 6.61 Å². The van der Waals surface area contributed by atoms with Crippen molar-refractivity contribution in [1.29, 1.82) is 0 Å². The average Bonchev–Trinajstić information content (AvgIpc) is 2.25. The van der Waals surface area contributed by atoms with E-state index in [0.717, 1.165) is 0 Å². The predicted molar refractivity (Wildman–Crippen MR) is 57.1 cm³/mol. The molecule has 0 aliphatic heterocycles. The highest BCUT2D eigenvalue weighted by Crippen LogP contribution is 2.24. The number of carbonyl (C=O) groups excluding carboxylic acids is 1. The number of rotatable bonds is 5. The molecule has 0 spiro atoms. The number of hydrogen-bond donors (Lipinski definition) is 3. The maximum atomic E-state index is 10.9. The quantitative estimate of drug-likeness (QED) is 0.648. The number of aliphatic hydroxyl groups excluding tert-OH is 1. The van der Waals surface area contributed by atoms with Crippen molar-refractivity contribution in [3.8, 4) is 5.75 Å². The van der Waals surface area contributed by atoms with Gasteiger partial charge in [-0.2, -0.15) is 0 Å². The minimum absolute atomic E-state index is 0.00392. The molecule has 5 heteroatoms. The molecule has 1 amide bonds. The van der Waals surface area contributed by atoms with Crippen LogP contribution in [0.2, 0.25) is 0 Å². The van der Waals surface area contributed by atoms with Gasteiger partial charge in [-0.3, -0.25) is 4.79 Å². The standard InChI is InChI=1S/C10H14N2O3/c1-15-9-3-2-7(10(11)14)6-8(9)12-4-5-13/h2-3,6,12-13H,4-5H2,1H3,(H2,11,14). The van der Waals surface area contributed by atoms with E-state index in [9.17, 15) is 4.79 Å². The molecule has 1 rings (SSSR count). The van der Waals surface area contributed by atoms with E-state index >= 15 is 0 Å². The third kappa shape index (κ3) is 2.85. The summed E-state index contributed by atoms with van der Waals surface area (Å²) >= 11 is 0. The summed E-state index contributed by atoms with van der Waals surface area (Å²) in [6.45, 7) is 0.391. The molecule has 15 heavy (non-hydrogen) atoms. The summed E-state index contributed by atoms with van der Waals surface area (Å²) in [4.78, 5) is 10.9. The van der Waals surface area contributed by atoms with Gasteiger partial charge in [0.25, 0.3) is 0 Å². The number of primary amides is 1. The first-order chi connectivity index (χ1) is 7.19. The molecule has 0 saturated heterocycles. The maximum absolute atomic E-state index is 10.9. The number of aliphatic hydroxyl groups is 1. The van der Waals surface area contributed by atoms with E-state index < -0.39 is 5.91 Å². The van der Waals surface area contributed by atoms with E-state index in [1.54, 1.807) is 18.2 Å². The van der Waals surface area contributed by atoms with Gasteiger partial charge in [-0.05, 0) is 18.2 Å². The molecule has 0 aliphatic rings. The van der Waals surface area contributed by atoms with Gasteiger partial charge in [0.15, 0.2) is 0 Å². The average molecular weight is 210 g/mol. The summed E-state index contributed by atoms with van der Waals surface area (Å²) in [5, 5.41) is 11.6. The fraction of sp³-hybridized carbons (Fsp3) is 0.300. The zero-order chi connectivity index (χ0) is 11.3. The summed E-state index contributed by atoms with van der Waals surface area (Å²) in [7, 11) is 1.53. The van der Waals surface area contributed by atoms with Crippen LogP contribution in [0.1, 0.15) is 10.4 Å². The first kappa shape index (κ1) is 11.3. The molecule has 0 unspecified atom stereocenters. The van der Waals surface area contributed by atoms with Gasteiger partial charge in [-0.15, -0.1) is 0 Å². The lowest BCUT2D eigenvalue weighted by molar-refractivity contribution is 0.100. The van der Waals surface area contributed by atoms with Gasteiger partial charge in [0, 0.05) is 12.1 Å². The molecular weight excluding hydrogens is 196 g/mol. The zero-order valence-corrected chi connectivity index (χ0v) is 8.49. The van der Waals surface area contributed by atoms with Gasteiger partial charge >= 0.3 is 0 Å². The van der Waals surface area contributed by atoms with Crippen LogP contribution in [0.3, 0.4) is 0 Å². The number of amides is 1. The van der Waals surface area contributed by atoms with Crippen LogP contribution >= 0.6 is 0 Å². The SMILES string of the molecule is COc1ccc(C(N)=O)cc1NCCO. The van der Waals surface area contributed by atoms with Crippen molar-refractivity contribution in [2.45, 2.75) is 0 Å². The summed E-state index contributed by atoms with van der Waals surface area (Å²) in [6.07, 6.45) is 0. The topological polar surface area (TPSA) is 84.6 Å². The van der Waals surface area contributed by atoms with Gasteiger partial charge in [-0.1, -0.05) is 0 Å². The van der Waals surface area contributed by atoms with Crippen LogP contribution in [0.5, 0.6) is 5.75 Å². The van der Waals surface area contributed by atoms with E-state index in [4.69, 9.17) is 15.6 Å². The molecule has 5 nitrogen and oxygen atoms in total. The minimum Gasteiger partial charge on any atom is -0.495 e. The number of hydrogen-bond acceptors (Lipinski definition) is 4. The lowest BCUT2D eigenvalue weighted by atomic mass is 10.1. The third-order valence-corrected chi connectivity index (χ3v) is 1.91. The Labute approximate surface area is 87.9 Å². The van der Waals surface area contributed by atoms with E-state index in [0.29, 0.717) is 23.5 Å². The van der Waals surface area contributed by atoms with Gasteiger partial charge in [-0.25, -0.2) is 0 Å². The molecule has 0 aliphatic carbocycles. The molecular formula is C10H14N2O3. The largest absolute Gasteiger partial charge is 0.495 e. The maximum Gasteiger partial charge on any atom is 0.248 e. The number of anilines is 1. The Morgan fingerprint density at radius 2 is 2.33 bits per heavy atom. The molecule has 0 radical (unpaired) electrons. The first-order valence-corrected chi connectivity index (χ1v) is 4.51. The number of methoxy groups -OCH3 is 1. The molecule has 0 aromatic heterocycles. The fourth-order valence-electron chi connectivity index (χ4n) is 1.19. The molecule has 1 aromatic rings. The van der Waals surface area contributed by atoms with E-state index in [1.165, 1.54) is 7.11 Å². The number of nitrogens with one attached hydrogen (secondary N) is 1. The van der Waals surface area contributed by atoms with Crippen LogP contribution in [0.15, 0.2) is 18.2 Å². The third-order valence-electron chi connectivity index (χ3n) is 1.91.